The van der Waals surface area contributed by atoms with Gasteiger partial charge in [-0.2, -0.15) is 0 Å². The summed E-state index contributed by atoms with van der Waals surface area (Å²) in [7, 11) is 0. The molecule has 2 aliphatic rings. The second-order valence-corrected chi connectivity index (χ2v) is 7.37. The predicted molar refractivity (Wildman–Crippen MR) is 105 cm³/mol. The third-order valence-electron chi connectivity index (χ3n) is 5.57. The standard InChI is InChI=1S/C21H25FN4O/c1-16-4-6-18(7-5-16)26-8-2-3-20(21(26)27)25-11-9-24(10-12-25)19-13-17(22)14-23-15-19/h4-7,13-15,20H,2-3,8-12H2,1H3/t20-/m1/s1. The third kappa shape index (κ3) is 3.81. The number of aromatic nitrogens is 1. The Hall–Kier alpha value is -2.47. The lowest BCUT2D eigenvalue weighted by Crippen LogP contribution is -2.58. The van der Waals surface area contributed by atoms with Crippen LogP contribution >= 0.6 is 0 Å². The van der Waals surface area contributed by atoms with E-state index in [2.05, 4.69) is 33.8 Å². The van der Waals surface area contributed by atoms with Crippen molar-refractivity contribution in [3.63, 3.8) is 0 Å². The van der Waals surface area contributed by atoms with E-state index < -0.39 is 0 Å². The topological polar surface area (TPSA) is 39.7 Å². The molecule has 0 aliphatic carbocycles. The highest BCUT2D eigenvalue weighted by atomic mass is 19.1. The molecule has 0 bridgehead atoms. The minimum atomic E-state index is -0.314. The van der Waals surface area contributed by atoms with Gasteiger partial charge >= 0.3 is 0 Å². The van der Waals surface area contributed by atoms with E-state index in [0.29, 0.717) is 0 Å². The maximum absolute atomic E-state index is 13.4. The van der Waals surface area contributed by atoms with Gasteiger partial charge in [0.05, 0.1) is 24.1 Å². The summed E-state index contributed by atoms with van der Waals surface area (Å²) in [6, 6.07) is 9.63. The molecule has 1 amide bonds. The monoisotopic (exact) mass is 368 g/mol. The molecule has 1 atom stereocenters. The van der Waals surface area contributed by atoms with Gasteiger partial charge in [-0.25, -0.2) is 4.39 Å². The van der Waals surface area contributed by atoms with Crippen LogP contribution in [0, 0.1) is 12.7 Å². The predicted octanol–water partition coefficient (Wildman–Crippen LogP) is 2.85. The lowest BCUT2D eigenvalue weighted by Gasteiger charge is -2.43. The van der Waals surface area contributed by atoms with Gasteiger partial charge in [0.2, 0.25) is 5.91 Å². The first-order valence-electron chi connectivity index (χ1n) is 9.59. The fraction of sp³-hybridized carbons (Fsp3) is 0.429. The number of rotatable bonds is 3. The Kier molecular flexibility index (Phi) is 5.07. The molecular weight excluding hydrogens is 343 g/mol. The number of carbonyl (C=O) groups is 1. The highest BCUT2D eigenvalue weighted by molar-refractivity contribution is 5.98. The number of hydrogen-bond donors (Lipinski definition) is 0. The molecule has 4 rings (SSSR count). The van der Waals surface area contributed by atoms with Crippen molar-refractivity contribution in [1.29, 1.82) is 0 Å². The molecule has 3 heterocycles. The molecular formula is C21H25FN4O. The number of pyridine rings is 1. The van der Waals surface area contributed by atoms with E-state index in [1.54, 1.807) is 6.20 Å². The van der Waals surface area contributed by atoms with Gasteiger partial charge < -0.3 is 9.80 Å². The first kappa shape index (κ1) is 17.9. The fourth-order valence-electron chi connectivity index (χ4n) is 4.04. The van der Waals surface area contributed by atoms with Crippen LogP contribution in [-0.2, 0) is 4.79 Å². The van der Waals surface area contributed by atoms with E-state index in [4.69, 9.17) is 0 Å². The fourth-order valence-corrected chi connectivity index (χ4v) is 4.04. The normalized spacial score (nSPS) is 21.6. The van der Waals surface area contributed by atoms with E-state index in [-0.39, 0.29) is 17.8 Å². The number of amides is 1. The molecule has 6 heteroatoms. The van der Waals surface area contributed by atoms with E-state index in [1.807, 2.05) is 17.0 Å². The lowest BCUT2D eigenvalue weighted by atomic mass is 10.0. The Morgan fingerprint density at radius 3 is 2.44 bits per heavy atom. The Morgan fingerprint density at radius 2 is 1.74 bits per heavy atom. The summed E-state index contributed by atoms with van der Waals surface area (Å²) in [4.78, 5) is 23.4. The van der Waals surface area contributed by atoms with Crippen molar-refractivity contribution < 1.29 is 9.18 Å². The number of aryl methyl sites for hydroxylation is 1. The Bertz CT molecular complexity index is 802. The average Bonchev–Trinajstić information content (AvgIpc) is 2.69. The Morgan fingerprint density at radius 1 is 1.00 bits per heavy atom. The van der Waals surface area contributed by atoms with Gasteiger partial charge in [0, 0.05) is 44.5 Å². The molecule has 0 radical (unpaired) electrons. The summed E-state index contributed by atoms with van der Waals surface area (Å²) in [6.45, 7) is 5.99. The number of carbonyl (C=O) groups excluding carboxylic acids is 1. The molecule has 0 unspecified atom stereocenters. The lowest BCUT2D eigenvalue weighted by molar-refractivity contribution is -0.125. The summed E-state index contributed by atoms with van der Waals surface area (Å²) < 4.78 is 13.4. The zero-order chi connectivity index (χ0) is 18.8. The smallest absolute Gasteiger partial charge is 0.244 e. The van der Waals surface area contributed by atoms with Crippen molar-refractivity contribution in [3.05, 3.63) is 54.1 Å². The first-order valence-corrected chi connectivity index (χ1v) is 9.59. The summed E-state index contributed by atoms with van der Waals surface area (Å²) in [5, 5.41) is 0. The molecule has 2 saturated heterocycles. The van der Waals surface area contributed by atoms with Crippen molar-refractivity contribution in [2.75, 3.05) is 42.5 Å². The largest absolute Gasteiger partial charge is 0.368 e. The zero-order valence-corrected chi connectivity index (χ0v) is 15.6. The maximum atomic E-state index is 13.4. The molecule has 142 valence electrons. The number of benzene rings is 1. The van der Waals surface area contributed by atoms with E-state index in [9.17, 15) is 9.18 Å². The molecule has 1 aromatic heterocycles. The van der Waals surface area contributed by atoms with E-state index in [0.717, 1.165) is 56.9 Å². The summed E-state index contributed by atoms with van der Waals surface area (Å²) in [6.07, 6.45) is 4.84. The van der Waals surface area contributed by atoms with Crippen LogP contribution in [0.15, 0.2) is 42.7 Å². The minimum absolute atomic E-state index is 0.0622. The van der Waals surface area contributed by atoms with Gasteiger partial charge in [-0.05, 0) is 31.9 Å². The van der Waals surface area contributed by atoms with Gasteiger partial charge in [-0.3, -0.25) is 14.7 Å². The van der Waals surface area contributed by atoms with E-state index >= 15 is 0 Å². The van der Waals surface area contributed by atoms with E-state index in [1.165, 1.54) is 17.8 Å². The molecule has 2 aromatic rings. The minimum Gasteiger partial charge on any atom is -0.368 e. The van der Waals surface area contributed by atoms with Crippen molar-refractivity contribution >= 4 is 17.3 Å². The van der Waals surface area contributed by atoms with Crippen LogP contribution in [0.25, 0.3) is 0 Å². The van der Waals surface area contributed by atoms with Crippen LogP contribution in [0.2, 0.25) is 0 Å². The number of nitrogens with zero attached hydrogens (tertiary/aromatic N) is 4. The number of halogens is 1. The molecule has 5 nitrogen and oxygen atoms in total. The van der Waals surface area contributed by atoms with Gasteiger partial charge in [0.25, 0.3) is 0 Å². The van der Waals surface area contributed by atoms with Crippen LogP contribution in [0.5, 0.6) is 0 Å². The number of piperidine rings is 1. The molecule has 2 fully saturated rings. The Labute approximate surface area is 159 Å². The van der Waals surface area contributed by atoms with Crippen molar-refractivity contribution in [2.24, 2.45) is 0 Å². The first-order chi connectivity index (χ1) is 13.1. The molecule has 0 spiro atoms. The van der Waals surface area contributed by atoms with Crippen LogP contribution in [-0.4, -0.2) is 54.6 Å². The highest BCUT2D eigenvalue weighted by Crippen LogP contribution is 2.26. The SMILES string of the molecule is Cc1ccc(N2CCC[C@@H](N3CCN(c4cncc(F)c4)CC3)C2=O)cc1. The number of anilines is 2. The van der Waals surface area contributed by atoms with Crippen molar-refractivity contribution in [2.45, 2.75) is 25.8 Å². The zero-order valence-electron chi connectivity index (χ0n) is 15.6. The van der Waals surface area contributed by atoms with Gasteiger partial charge in [-0.1, -0.05) is 17.7 Å². The summed E-state index contributed by atoms with van der Waals surface area (Å²) >= 11 is 0. The maximum Gasteiger partial charge on any atom is 0.244 e. The van der Waals surface area contributed by atoms with Crippen LogP contribution < -0.4 is 9.80 Å². The van der Waals surface area contributed by atoms with Crippen molar-refractivity contribution in [1.82, 2.24) is 9.88 Å². The quantitative estimate of drug-likeness (QED) is 0.835. The molecule has 2 aliphatic heterocycles. The second-order valence-electron chi connectivity index (χ2n) is 7.37. The van der Waals surface area contributed by atoms with Crippen LogP contribution in [0.3, 0.4) is 0 Å². The van der Waals surface area contributed by atoms with Gasteiger partial charge in [-0.15, -0.1) is 0 Å². The molecule has 27 heavy (non-hydrogen) atoms. The Balaban J connectivity index is 1.41. The van der Waals surface area contributed by atoms with Crippen LogP contribution in [0.1, 0.15) is 18.4 Å². The van der Waals surface area contributed by atoms with Gasteiger partial charge in [0.1, 0.15) is 5.82 Å². The number of piperazine rings is 1. The van der Waals surface area contributed by atoms with Crippen LogP contribution in [0.4, 0.5) is 15.8 Å². The van der Waals surface area contributed by atoms with Gasteiger partial charge in [0.15, 0.2) is 0 Å². The summed E-state index contributed by atoms with van der Waals surface area (Å²) in [5.74, 6) is -0.114. The van der Waals surface area contributed by atoms with Crippen molar-refractivity contribution in [3.8, 4) is 0 Å². The average molecular weight is 368 g/mol. The third-order valence-corrected chi connectivity index (χ3v) is 5.57. The summed E-state index contributed by atoms with van der Waals surface area (Å²) in [5.41, 5.74) is 2.99. The molecule has 0 N–H and O–H groups in total. The molecule has 0 saturated carbocycles. The molecule has 1 aromatic carbocycles. The number of hydrogen-bond acceptors (Lipinski definition) is 4. The second kappa shape index (κ2) is 7.64. The highest BCUT2D eigenvalue weighted by Gasteiger charge is 2.35.